The molecule has 1 atom stereocenters. The van der Waals surface area contributed by atoms with Crippen molar-refractivity contribution in [2.24, 2.45) is 22.7 Å². The van der Waals surface area contributed by atoms with Gasteiger partial charge in [0.2, 0.25) is 0 Å². The van der Waals surface area contributed by atoms with Gasteiger partial charge in [-0.2, -0.15) is 0 Å². The molecule has 2 rings (SSSR count). The molecule has 0 saturated heterocycles. The molecule has 0 bridgehead atoms. The molecule has 1 nitrogen and oxygen atoms in total. The molecular weight excluding hydrogens is 242 g/mol. The third-order valence-corrected chi connectivity index (χ3v) is 6.06. The van der Waals surface area contributed by atoms with Crippen molar-refractivity contribution in [2.45, 2.75) is 47.5 Å². The van der Waals surface area contributed by atoms with E-state index in [0.29, 0.717) is 22.7 Å². The molecule has 1 aliphatic rings. The molecule has 0 radical (unpaired) electrons. The molecule has 0 amide bonds. The van der Waals surface area contributed by atoms with Gasteiger partial charge >= 0.3 is 0 Å². The molecule has 0 heterocycles. The van der Waals surface area contributed by atoms with Gasteiger partial charge in [0.05, 0.1) is 0 Å². The van der Waals surface area contributed by atoms with Gasteiger partial charge in [-0.3, -0.25) is 0 Å². The standard InChI is InChI=1S/C19H31N/c1-14(2)16(15-10-8-7-9-11-15)12-20-13-17-18(3,4)19(17,5)6/h7-11,14,16-17,20H,12-13H2,1-6H3. The van der Waals surface area contributed by atoms with Crippen LogP contribution in [0.4, 0.5) is 0 Å². The van der Waals surface area contributed by atoms with E-state index in [2.05, 4.69) is 77.2 Å². The Morgan fingerprint density at radius 3 is 2.00 bits per heavy atom. The first kappa shape index (κ1) is 15.6. The lowest BCUT2D eigenvalue weighted by Crippen LogP contribution is -2.27. The van der Waals surface area contributed by atoms with E-state index >= 15 is 0 Å². The molecule has 1 aliphatic carbocycles. The van der Waals surface area contributed by atoms with Gasteiger partial charge in [-0.25, -0.2) is 0 Å². The first-order chi connectivity index (χ1) is 9.28. The second-order valence-electron chi connectivity index (χ2n) is 7.92. The largest absolute Gasteiger partial charge is 0.316 e. The summed E-state index contributed by atoms with van der Waals surface area (Å²) in [5.74, 6) is 2.09. The lowest BCUT2D eigenvalue weighted by Gasteiger charge is -2.22. The third-order valence-electron chi connectivity index (χ3n) is 6.06. The molecule has 0 aliphatic heterocycles. The van der Waals surface area contributed by atoms with Gasteiger partial charge < -0.3 is 5.32 Å². The fraction of sp³-hybridized carbons (Fsp3) is 0.684. The lowest BCUT2D eigenvalue weighted by atomic mass is 9.88. The average molecular weight is 273 g/mol. The van der Waals surface area contributed by atoms with Crippen molar-refractivity contribution in [3.8, 4) is 0 Å². The van der Waals surface area contributed by atoms with Gasteiger partial charge in [-0.15, -0.1) is 0 Å². The minimum atomic E-state index is 0.486. The maximum absolute atomic E-state index is 3.74. The fourth-order valence-corrected chi connectivity index (χ4v) is 3.67. The summed E-state index contributed by atoms with van der Waals surface area (Å²) >= 11 is 0. The van der Waals surface area contributed by atoms with Crippen LogP contribution in [0.5, 0.6) is 0 Å². The Labute approximate surface area is 125 Å². The van der Waals surface area contributed by atoms with E-state index in [-0.39, 0.29) is 0 Å². The highest BCUT2D eigenvalue weighted by Crippen LogP contribution is 2.67. The summed E-state index contributed by atoms with van der Waals surface area (Å²) in [5.41, 5.74) is 2.43. The zero-order valence-electron chi connectivity index (χ0n) is 14.0. The Morgan fingerprint density at radius 1 is 1.00 bits per heavy atom. The van der Waals surface area contributed by atoms with Crippen molar-refractivity contribution in [1.82, 2.24) is 5.32 Å². The van der Waals surface area contributed by atoms with Crippen LogP contribution in [0.1, 0.15) is 53.0 Å². The van der Waals surface area contributed by atoms with Gasteiger partial charge in [-0.05, 0) is 40.7 Å². The van der Waals surface area contributed by atoms with Gasteiger partial charge in [0, 0.05) is 6.54 Å². The molecule has 1 unspecified atom stereocenters. The van der Waals surface area contributed by atoms with Crippen LogP contribution in [0.2, 0.25) is 0 Å². The van der Waals surface area contributed by atoms with Crippen LogP contribution in [0.15, 0.2) is 30.3 Å². The van der Waals surface area contributed by atoms with E-state index in [4.69, 9.17) is 0 Å². The molecule has 1 aromatic rings. The molecule has 1 N–H and O–H groups in total. The van der Waals surface area contributed by atoms with E-state index in [1.165, 1.54) is 5.56 Å². The van der Waals surface area contributed by atoms with Gasteiger partial charge in [0.15, 0.2) is 0 Å². The van der Waals surface area contributed by atoms with Crippen LogP contribution in [0.3, 0.4) is 0 Å². The van der Waals surface area contributed by atoms with Crippen molar-refractivity contribution >= 4 is 0 Å². The number of hydrogen-bond donors (Lipinski definition) is 1. The van der Waals surface area contributed by atoms with Crippen molar-refractivity contribution in [3.05, 3.63) is 35.9 Å². The maximum atomic E-state index is 3.74. The quantitative estimate of drug-likeness (QED) is 0.792. The van der Waals surface area contributed by atoms with Crippen LogP contribution in [-0.4, -0.2) is 13.1 Å². The summed E-state index contributed by atoms with van der Waals surface area (Å²) < 4.78 is 0. The van der Waals surface area contributed by atoms with Crippen molar-refractivity contribution in [3.63, 3.8) is 0 Å². The number of benzene rings is 1. The molecule has 1 saturated carbocycles. The Morgan fingerprint density at radius 2 is 1.55 bits per heavy atom. The lowest BCUT2D eigenvalue weighted by molar-refractivity contribution is 0.441. The Bertz CT molecular complexity index is 416. The van der Waals surface area contributed by atoms with Crippen molar-refractivity contribution in [2.75, 3.05) is 13.1 Å². The summed E-state index contributed by atoms with van der Waals surface area (Å²) in [6.07, 6.45) is 0. The molecule has 0 spiro atoms. The monoisotopic (exact) mass is 273 g/mol. The van der Waals surface area contributed by atoms with Gasteiger partial charge in [0.25, 0.3) is 0 Å². The second-order valence-corrected chi connectivity index (χ2v) is 7.92. The summed E-state index contributed by atoms with van der Waals surface area (Å²) in [6.45, 7) is 16.5. The first-order valence-corrected chi connectivity index (χ1v) is 8.04. The molecule has 1 aromatic carbocycles. The van der Waals surface area contributed by atoms with Crippen LogP contribution < -0.4 is 5.32 Å². The summed E-state index contributed by atoms with van der Waals surface area (Å²) in [6, 6.07) is 10.9. The highest BCUT2D eigenvalue weighted by atomic mass is 14.9. The molecule has 1 heteroatoms. The molecule has 0 aromatic heterocycles. The van der Waals surface area contributed by atoms with E-state index in [1.54, 1.807) is 0 Å². The zero-order valence-corrected chi connectivity index (χ0v) is 14.0. The van der Waals surface area contributed by atoms with Gasteiger partial charge in [0.1, 0.15) is 0 Å². The minimum Gasteiger partial charge on any atom is -0.316 e. The molecule has 20 heavy (non-hydrogen) atoms. The molecule has 1 fully saturated rings. The topological polar surface area (TPSA) is 12.0 Å². The summed E-state index contributed by atoms with van der Waals surface area (Å²) in [5, 5.41) is 3.74. The summed E-state index contributed by atoms with van der Waals surface area (Å²) in [4.78, 5) is 0. The highest BCUT2D eigenvalue weighted by molar-refractivity contribution is 5.20. The van der Waals surface area contributed by atoms with Crippen LogP contribution in [0, 0.1) is 22.7 Å². The molecular formula is C19H31N. The number of rotatable bonds is 6. The second kappa shape index (κ2) is 5.52. The van der Waals surface area contributed by atoms with Crippen molar-refractivity contribution < 1.29 is 0 Å². The molecule has 112 valence electrons. The van der Waals surface area contributed by atoms with Crippen LogP contribution >= 0.6 is 0 Å². The van der Waals surface area contributed by atoms with E-state index in [1.807, 2.05) is 0 Å². The van der Waals surface area contributed by atoms with E-state index in [9.17, 15) is 0 Å². The van der Waals surface area contributed by atoms with Crippen molar-refractivity contribution in [1.29, 1.82) is 0 Å². The fourth-order valence-electron chi connectivity index (χ4n) is 3.67. The highest BCUT2D eigenvalue weighted by Gasteiger charge is 2.63. The summed E-state index contributed by atoms with van der Waals surface area (Å²) in [7, 11) is 0. The Hall–Kier alpha value is -0.820. The minimum absolute atomic E-state index is 0.486. The Balaban J connectivity index is 1.89. The van der Waals surface area contributed by atoms with Crippen LogP contribution in [-0.2, 0) is 0 Å². The number of nitrogens with one attached hydrogen (secondary N) is 1. The SMILES string of the molecule is CC(C)C(CNCC1C(C)(C)C1(C)C)c1ccccc1. The van der Waals surface area contributed by atoms with Gasteiger partial charge in [-0.1, -0.05) is 71.9 Å². The predicted molar refractivity (Wildman–Crippen MR) is 87.9 cm³/mol. The zero-order chi connectivity index (χ0) is 15.0. The van der Waals surface area contributed by atoms with E-state index in [0.717, 1.165) is 19.0 Å². The smallest absolute Gasteiger partial charge is 0.00227 e. The first-order valence-electron chi connectivity index (χ1n) is 8.04. The predicted octanol–water partition coefficient (Wildman–Crippen LogP) is 4.70. The normalized spacial score (nSPS) is 21.9. The number of hydrogen-bond acceptors (Lipinski definition) is 1. The average Bonchev–Trinajstić information content (AvgIpc) is 2.76. The van der Waals surface area contributed by atoms with E-state index < -0.39 is 0 Å². The Kier molecular flexibility index (Phi) is 4.30. The third kappa shape index (κ3) is 2.79. The van der Waals surface area contributed by atoms with Crippen LogP contribution in [0.25, 0.3) is 0 Å². The maximum Gasteiger partial charge on any atom is 0.00227 e.